The lowest BCUT2D eigenvalue weighted by atomic mass is 10.3. The van der Waals surface area contributed by atoms with E-state index >= 15 is 0 Å². The predicted molar refractivity (Wildman–Crippen MR) is 94.7 cm³/mol. The lowest BCUT2D eigenvalue weighted by Crippen LogP contribution is -2.34. The molecule has 2 aliphatic rings. The van der Waals surface area contributed by atoms with Crippen LogP contribution in [0.5, 0.6) is 0 Å². The van der Waals surface area contributed by atoms with Crippen LogP contribution in [0.4, 0.5) is 5.13 Å². The zero-order valence-corrected chi connectivity index (χ0v) is 14.7. The molecule has 4 rings (SSSR count). The smallest absolute Gasteiger partial charge is 0.264 e. The molecule has 0 bridgehead atoms. The summed E-state index contributed by atoms with van der Waals surface area (Å²) in [6.45, 7) is 3.41. The van der Waals surface area contributed by atoms with Gasteiger partial charge in [0, 0.05) is 26.2 Å². The topological polar surface area (TPSA) is 56.7 Å². The number of hydrogen-bond acceptors (Lipinski definition) is 6. The first-order valence-electron chi connectivity index (χ1n) is 8.30. The van der Waals surface area contributed by atoms with E-state index in [4.69, 9.17) is 4.98 Å². The van der Waals surface area contributed by atoms with Gasteiger partial charge in [-0.3, -0.25) is 4.79 Å². The molecule has 1 saturated carbocycles. The molecule has 1 aliphatic carbocycles. The van der Waals surface area contributed by atoms with Gasteiger partial charge in [0.05, 0.1) is 16.2 Å². The van der Waals surface area contributed by atoms with Crippen LogP contribution in [0.1, 0.15) is 35.4 Å². The maximum atomic E-state index is 12.7. The third-order valence-corrected chi connectivity index (χ3v) is 6.71. The first-order chi connectivity index (χ1) is 11.2. The predicted octanol–water partition coefficient (Wildman–Crippen LogP) is 2.80. The van der Waals surface area contributed by atoms with Gasteiger partial charge in [0.25, 0.3) is 5.91 Å². The summed E-state index contributed by atoms with van der Waals surface area (Å²) >= 11 is 3.18. The van der Waals surface area contributed by atoms with Crippen LogP contribution in [0.3, 0.4) is 0 Å². The largest absolute Gasteiger partial charge is 0.395 e. The number of aliphatic hydroxyl groups is 1. The molecule has 124 valence electrons. The summed E-state index contributed by atoms with van der Waals surface area (Å²) in [7, 11) is 0. The number of rotatable bonds is 6. The number of aliphatic hydroxyl groups excluding tert-OH is 1. The van der Waals surface area contributed by atoms with Crippen molar-refractivity contribution in [1.29, 1.82) is 0 Å². The number of nitrogens with zero attached hydrogens (tertiary/aromatic N) is 3. The molecular weight excluding hydrogens is 330 g/mol. The zero-order valence-electron chi connectivity index (χ0n) is 13.0. The first kappa shape index (κ1) is 15.4. The lowest BCUT2D eigenvalue weighted by molar-refractivity contribution is 0.0718. The van der Waals surface area contributed by atoms with Gasteiger partial charge in [-0.2, -0.15) is 0 Å². The highest BCUT2D eigenvalue weighted by Gasteiger charge is 2.28. The van der Waals surface area contributed by atoms with Gasteiger partial charge in [-0.05, 0) is 37.7 Å². The van der Waals surface area contributed by atoms with Crippen molar-refractivity contribution >= 4 is 43.2 Å². The molecule has 0 atom stereocenters. The van der Waals surface area contributed by atoms with Crippen LogP contribution in [-0.4, -0.2) is 53.7 Å². The van der Waals surface area contributed by atoms with Crippen LogP contribution in [0.25, 0.3) is 9.53 Å². The Bertz CT molecular complexity index is 670. The number of fused-ring (bicyclic) bond motifs is 1. The fraction of sp³-hybridized carbons (Fsp3) is 0.625. The minimum atomic E-state index is 0.0234. The van der Waals surface area contributed by atoms with Gasteiger partial charge in [-0.15, -0.1) is 11.3 Å². The normalized spacial score (nSPS) is 18.0. The third-order valence-electron chi connectivity index (χ3n) is 4.50. The van der Waals surface area contributed by atoms with Gasteiger partial charge in [0.2, 0.25) is 0 Å². The number of carbonyl (C=O) groups excluding carboxylic acids is 1. The van der Waals surface area contributed by atoms with Gasteiger partial charge >= 0.3 is 0 Å². The van der Waals surface area contributed by atoms with Crippen molar-refractivity contribution in [1.82, 2.24) is 9.88 Å². The Kier molecular flexibility index (Phi) is 4.26. The summed E-state index contributed by atoms with van der Waals surface area (Å²) in [6, 6.07) is 1.98. The second-order valence-corrected chi connectivity index (χ2v) is 8.43. The van der Waals surface area contributed by atoms with E-state index < -0.39 is 0 Å². The number of thiophene rings is 1. The molecule has 0 radical (unpaired) electrons. The van der Waals surface area contributed by atoms with Crippen molar-refractivity contribution < 1.29 is 9.90 Å². The molecule has 3 heterocycles. The Morgan fingerprint density at radius 3 is 2.78 bits per heavy atom. The highest BCUT2D eigenvalue weighted by molar-refractivity contribution is 7.29. The van der Waals surface area contributed by atoms with Crippen molar-refractivity contribution in [2.45, 2.75) is 25.7 Å². The molecule has 0 aromatic carbocycles. The molecule has 23 heavy (non-hydrogen) atoms. The SMILES string of the molecule is O=C(c1cc2sc(N3CCCC3)nc2s1)N(CCO)CC1CC1. The molecule has 1 aliphatic heterocycles. The Hall–Kier alpha value is -1.18. The summed E-state index contributed by atoms with van der Waals surface area (Å²) in [4.78, 5) is 23.3. The molecule has 0 unspecified atom stereocenters. The number of aromatic nitrogens is 1. The molecule has 1 amide bonds. The van der Waals surface area contributed by atoms with Crippen molar-refractivity contribution in [2.75, 3.05) is 37.7 Å². The summed E-state index contributed by atoms with van der Waals surface area (Å²) in [5.74, 6) is 0.676. The summed E-state index contributed by atoms with van der Waals surface area (Å²) in [5, 5.41) is 10.3. The van der Waals surface area contributed by atoms with Crippen molar-refractivity contribution in [3.8, 4) is 0 Å². The van der Waals surface area contributed by atoms with Crippen molar-refractivity contribution in [2.24, 2.45) is 5.92 Å². The summed E-state index contributed by atoms with van der Waals surface area (Å²) in [6.07, 6.45) is 4.90. The molecule has 7 heteroatoms. The second-order valence-electron chi connectivity index (χ2n) is 6.39. The Morgan fingerprint density at radius 2 is 2.13 bits per heavy atom. The molecule has 2 aromatic rings. The summed E-state index contributed by atoms with van der Waals surface area (Å²) < 4.78 is 1.11. The van der Waals surface area contributed by atoms with Gasteiger partial charge in [0.1, 0.15) is 4.83 Å². The highest BCUT2D eigenvalue weighted by atomic mass is 32.1. The van der Waals surface area contributed by atoms with Gasteiger partial charge < -0.3 is 14.9 Å². The third kappa shape index (κ3) is 3.22. The lowest BCUT2D eigenvalue weighted by Gasteiger charge is -2.20. The summed E-state index contributed by atoms with van der Waals surface area (Å²) in [5.41, 5.74) is 0. The number of hydrogen-bond donors (Lipinski definition) is 1. The Labute approximate surface area is 143 Å². The van der Waals surface area contributed by atoms with Crippen LogP contribution in [0.15, 0.2) is 6.07 Å². The van der Waals surface area contributed by atoms with E-state index in [0.717, 1.165) is 39.2 Å². The molecule has 1 N–H and O–H groups in total. The number of carbonyl (C=O) groups is 1. The molecule has 2 aromatic heterocycles. The average Bonchev–Trinajstić information content (AvgIpc) is 2.94. The van der Waals surface area contributed by atoms with Gasteiger partial charge in [0.15, 0.2) is 5.13 Å². The molecule has 5 nitrogen and oxygen atoms in total. The Morgan fingerprint density at radius 1 is 1.35 bits per heavy atom. The van der Waals surface area contributed by atoms with Crippen molar-refractivity contribution in [3.05, 3.63) is 10.9 Å². The molecule has 2 fully saturated rings. The maximum absolute atomic E-state index is 12.7. The number of amides is 1. The molecule has 1 saturated heterocycles. The van der Waals surface area contributed by atoms with E-state index in [1.54, 1.807) is 16.2 Å². The maximum Gasteiger partial charge on any atom is 0.264 e. The average molecular weight is 351 g/mol. The molecular formula is C16H21N3O2S2. The highest BCUT2D eigenvalue weighted by Crippen LogP contribution is 2.36. The minimum Gasteiger partial charge on any atom is -0.395 e. The number of anilines is 1. The van der Waals surface area contributed by atoms with Crippen LogP contribution < -0.4 is 4.90 Å². The standard InChI is InChI=1S/C16H21N3O2S2/c20-8-7-19(10-11-3-4-11)15(21)13-9-12-14(22-13)17-16(23-12)18-5-1-2-6-18/h9,11,20H,1-8,10H2. The van der Waals surface area contributed by atoms with Crippen LogP contribution in [0.2, 0.25) is 0 Å². The van der Waals surface area contributed by atoms with Crippen LogP contribution in [0, 0.1) is 5.92 Å². The van der Waals surface area contributed by atoms with E-state index in [0.29, 0.717) is 12.5 Å². The molecule has 0 spiro atoms. The number of thiazole rings is 1. The quantitative estimate of drug-likeness (QED) is 0.869. The van der Waals surface area contributed by atoms with E-state index in [9.17, 15) is 9.90 Å². The fourth-order valence-corrected chi connectivity index (χ4v) is 5.27. The monoisotopic (exact) mass is 351 g/mol. The van der Waals surface area contributed by atoms with E-state index in [1.807, 2.05) is 6.07 Å². The van der Waals surface area contributed by atoms with E-state index in [1.165, 1.54) is 37.0 Å². The van der Waals surface area contributed by atoms with Crippen molar-refractivity contribution in [3.63, 3.8) is 0 Å². The first-order valence-corrected chi connectivity index (χ1v) is 9.93. The van der Waals surface area contributed by atoms with E-state index in [2.05, 4.69) is 4.90 Å². The van der Waals surface area contributed by atoms with Gasteiger partial charge in [-0.1, -0.05) is 11.3 Å². The minimum absolute atomic E-state index is 0.0234. The second kappa shape index (κ2) is 6.37. The Balaban J connectivity index is 1.53. The van der Waals surface area contributed by atoms with Crippen LogP contribution in [-0.2, 0) is 0 Å². The van der Waals surface area contributed by atoms with Crippen LogP contribution >= 0.6 is 22.7 Å². The zero-order chi connectivity index (χ0) is 15.8. The van der Waals surface area contributed by atoms with Gasteiger partial charge in [-0.25, -0.2) is 4.98 Å². The van der Waals surface area contributed by atoms with E-state index in [-0.39, 0.29) is 12.5 Å². The fourth-order valence-electron chi connectivity index (χ4n) is 3.04.